The monoisotopic (exact) mass is 329 g/mol. The van der Waals surface area contributed by atoms with Crippen LogP contribution < -0.4 is 0 Å². The molecule has 0 bridgehead atoms. The number of carboxylic acid groups (broad SMARTS) is 1. The maximum atomic E-state index is 12.3. The first-order valence-corrected chi connectivity index (χ1v) is 7.87. The minimum atomic E-state index is -1.18. The minimum absolute atomic E-state index is 0.0678. The maximum Gasteiger partial charge on any atom is 0.371 e. The largest absolute Gasteiger partial charge is 0.475 e. The number of rotatable bonds is 6. The quantitative estimate of drug-likeness (QED) is 0.881. The van der Waals surface area contributed by atoms with Crippen molar-refractivity contribution in [1.82, 2.24) is 4.90 Å². The fourth-order valence-electron chi connectivity index (χ4n) is 2.79. The van der Waals surface area contributed by atoms with Crippen LogP contribution in [0.1, 0.15) is 33.1 Å². The number of ether oxygens (including phenoxy) is 1. The number of furan rings is 1. The van der Waals surface area contributed by atoms with Gasteiger partial charge in [-0.3, -0.25) is 4.79 Å². The highest BCUT2D eigenvalue weighted by atomic mass is 16.5. The Bertz CT molecular complexity index is 709. The van der Waals surface area contributed by atoms with Crippen molar-refractivity contribution in [3.63, 3.8) is 0 Å². The van der Waals surface area contributed by atoms with Gasteiger partial charge in [0.1, 0.15) is 0 Å². The van der Waals surface area contributed by atoms with Gasteiger partial charge in [0.25, 0.3) is 5.91 Å². The van der Waals surface area contributed by atoms with Crippen LogP contribution in [0.15, 0.2) is 46.9 Å². The standard InChI is InChI=1S/C18H19NO5/c20-17(15-6-7-16(24-15)18(21)22)19-9-8-14(10-19)12-23-11-13-4-2-1-3-5-13/h1-7,14H,8-12H2,(H,21,22)/t14-/m0/s1. The zero-order valence-electron chi connectivity index (χ0n) is 13.2. The molecule has 0 unspecified atom stereocenters. The maximum absolute atomic E-state index is 12.3. The second-order valence-corrected chi connectivity index (χ2v) is 5.88. The molecule has 0 aliphatic carbocycles. The lowest BCUT2D eigenvalue weighted by molar-refractivity contribution is 0.0649. The van der Waals surface area contributed by atoms with E-state index in [-0.39, 0.29) is 23.3 Å². The number of carboxylic acids is 1. The molecule has 1 saturated heterocycles. The van der Waals surface area contributed by atoms with Gasteiger partial charge in [-0.2, -0.15) is 0 Å². The van der Waals surface area contributed by atoms with E-state index in [0.717, 1.165) is 12.0 Å². The van der Waals surface area contributed by atoms with Crippen molar-refractivity contribution in [2.24, 2.45) is 5.92 Å². The lowest BCUT2D eigenvalue weighted by Crippen LogP contribution is -2.29. The van der Waals surface area contributed by atoms with E-state index >= 15 is 0 Å². The van der Waals surface area contributed by atoms with Gasteiger partial charge in [0, 0.05) is 19.0 Å². The lowest BCUT2D eigenvalue weighted by Gasteiger charge is -2.15. The molecule has 1 fully saturated rings. The van der Waals surface area contributed by atoms with E-state index < -0.39 is 5.97 Å². The Morgan fingerprint density at radius 3 is 2.62 bits per heavy atom. The normalized spacial score (nSPS) is 17.2. The highest BCUT2D eigenvalue weighted by Crippen LogP contribution is 2.20. The van der Waals surface area contributed by atoms with Gasteiger partial charge in [-0.05, 0) is 24.1 Å². The molecule has 0 spiro atoms. The molecule has 3 rings (SSSR count). The van der Waals surface area contributed by atoms with E-state index in [4.69, 9.17) is 14.3 Å². The van der Waals surface area contributed by atoms with E-state index in [1.165, 1.54) is 12.1 Å². The third kappa shape index (κ3) is 3.83. The summed E-state index contributed by atoms with van der Waals surface area (Å²) in [5.74, 6) is -1.32. The van der Waals surface area contributed by atoms with Crippen LogP contribution in [0.25, 0.3) is 0 Å². The van der Waals surface area contributed by atoms with Crippen molar-refractivity contribution < 1.29 is 23.8 Å². The molecule has 1 amide bonds. The molecule has 0 radical (unpaired) electrons. The molecular formula is C18H19NO5. The van der Waals surface area contributed by atoms with Crippen LogP contribution in [0.3, 0.4) is 0 Å². The average molecular weight is 329 g/mol. The molecule has 1 atom stereocenters. The van der Waals surface area contributed by atoms with Crippen LogP contribution in [-0.4, -0.2) is 41.6 Å². The van der Waals surface area contributed by atoms with Crippen molar-refractivity contribution in [3.05, 3.63) is 59.5 Å². The highest BCUT2D eigenvalue weighted by Gasteiger charge is 2.29. The predicted molar refractivity (Wildman–Crippen MR) is 85.8 cm³/mol. The fourth-order valence-corrected chi connectivity index (χ4v) is 2.79. The first-order valence-electron chi connectivity index (χ1n) is 7.87. The molecule has 1 aromatic heterocycles. The molecule has 6 nitrogen and oxygen atoms in total. The summed E-state index contributed by atoms with van der Waals surface area (Å²) >= 11 is 0. The fraction of sp³-hybridized carbons (Fsp3) is 0.333. The Hall–Kier alpha value is -2.60. The number of likely N-dealkylation sites (tertiary alicyclic amines) is 1. The number of benzene rings is 1. The second-order valence-electron chi connectivity index (χ2n) is 5.88. The van der Waals surface area contributed by atoms with E-state index in [1.54, 1.807) is 4.90 Å². The molecule has 24 heavy (non-hydrogen) atoms. The van der Waals surface area contributed by atoms with E-state index in [0.29, 0.717) is 26.3 Å². The van der Waals surface area contributed by atoms with Crippen LogP contribution in [0.4, 0.5) is 0 Å². The van der Waals surface area contributed by atoms with Gasteiger partial charge in [-0.15, -0.1) is 0 Å². The van der Waals surface area contributed by atoms with Gasteiger partial charge in [0.15, 0.2) is 5.76 Å². The summed E-state index contributed by atoms with van der Waals surface area (Å²) < 4.78 is 10.8. The number of nitrogens with zero attached hydrogens (tertiary/aromatic N) is 1. The summed E-state index contributed by atoms with van der Waals surface area (Å²) in [6.07, 6.45) is 0.868. The Labute approximate surface area is 139 Å². The molecule has 1 aliphatic rings. The molecule has 126 valence electrons. The summed E-state index contributed by atoms with van der Waals surface area (Å²) in [6, 6.07) is 12.7. The zero-order valence-corrected chi connectivity index (χ0v) is 13.2. The number of carbonyl (C=O) groups excluding carboxylic acids is 1. The number of amides is 1. The van der Waals surface area contributed by atoms with Crippen molar-refractivity contribution in [1.29, 1.82) is 0 Å². The second kappa shape index (κ2) is 7.31. The Kier molecular flexibility index (Phi) is 4.96. The van der Waals surface area contributed by atoms with E-state index in [2.05, 4.69) is 0 Å². The SMILES string of the molecule is O=C(O)c1ccc(C(=O)N2CC[C@H](COCc3ccccc3)C2)o1. The number of hydrogen-bond donors (Lipinski definition) is 1. The lowest BCUT2D eigenvalue weighted by atomic mass is 10.1. The van der Waals surface area contributed by atoms with Crippen LogP contribution in [0.2, 0.25) is 0 Å². The summed E-state index contributed by atoms with van der Waals surface area (Å²) in [6.45, 7) is 2.38. The van der Waals surface area contributed by atoms with Gasteiger partial charge in [-0.25, -0.2) is 4.79 Å². The van der Waals surface area contributed by atoms with Crippen molar-refractivity contribution in [2.45, 2.75) is 13.0 Å². The van der Waals surface area contributed by atoms with Crippen LogP contribution in [0, 0.1) is 5.92 Å². The van der Waals surface area contributed by atoms with Crippen molar-refractivity contribution in [2.75, 3.05) is 19.7 Å². The van der Waals surface area contributed by atoms with Gasteiger partial charge in [0.2, 0.25) is 5.76 Å². The first kappa shape index (κ1) is 16.3. The molecule has 2 aromatic rings. The molecule has 1 N–H and O–H groups in total. The van der Waals surface area contributed by atoms with Crippen LogP contribution in [0.5, 0.6) is 0 Å². The molecule has 1 aromatic carbocycles. The van der Waals surface area contributed by atoms with Crippen molar-refractivity contribution in [3.8, 4) is 0 Å². The van der Waals surface area contributed by atoms with Gasteiger partial charge in [0.05, 0.1) is 13.2 Å². The number of hydrogen-bond acceptors (Lipinski definition) is 4. The van der Waals surface area contributed by atoms with E-state index in [1.807, 2.05) is 30.3 Å². The molecule has 6 heteroatoms. The van der Waals surface area contributed by atoms with Crippen LogP contribution in [-0.2, 0) is 11.3 Å². The summed E-state index contributed by atoms with van der Waals surface area (Å²) in [7, 11) is 0. The predicted octanol–water partition coefficient (Wildman–Crippen LogP) is 2.66. The van der Waals surface area contributed by atoms with Gasteiger partial charge < -0.3 is 19.2 Å². The van der Waals surface area contributed by atoms with E-state index in [9.17, 15) is 9.59 Å². The number of carbonyl (C=O) groups is 2. The molecule has 2 heterocycles. The topological polar surface area (TPSA) is 80.0 Å². The average Bonchev–Trinajstić information content (AvgIpc) is 3.25. The Balaban J connectivity index is 1.47. The zero-order chi connectivity index (χ0) is 16.9. The first-order chi connectivity index (χ1) is 11.6. The highest BCUT2D eigenvalue weighted by molar-refractivity contribution is 5.93. The Morgan fingerprint density at radius 1 is 1.17 bits per heavy atom. The minimum Gasteiger partial charge on any atom is -0.475 e. The van der Waals surface area contributed by atoms with Gasteiger partial charge >= 0.3 is 5.97 Å². The molecular weight excluding hydrogens is 310 g/mol. The Morgan fingerprint density at radius 2 is 1.92 bits per heavy atom. The summed E-state index contributed by atoms with van der Waals surface area (Å²) in [5.41, 5.74) is 1.13. The molecule has 0 saturated carbocycles. The van der Waals surface area contributed by atoms with Crippen molar-refractivity contribution >= 4 is 11.9 Å². The van der Waals surface area contributed by atoms with Crippen LogP contribution >= 0.6 is 0 Å². The smallest absolute Gasteiger partial charge is 0.371 e. The summed E-state index contributed by atoms with van der Waals surface area (Å²) in [5, 5.41) is 8.84. The molecule has 1 aliphatic heterocycles. The number of aromatic carboxylic acids is 1. The third-order valence-electron chi connectivity index (χ3n) is 4.07. The third-order valence-corrected chi connectivity index (χ3v) is 4.07. The van der Waals surface area contributed by atoms with Gasteiger partial charge in [-0.1, -0.05) is 30.3 Å². The summed E-state index contributed by atoms with van der Waals surface area (Å²) in [4.78, 5) is 24.8.